The Labute approximate surface area is 147 Å². The highest BCUT2D eigenvalue weighted by Gasteiger charge is 2.19. The van der Waals surface area contributed by atoms with Crippen molar-refractivity contribution < 1.29 is 13.9 Å². The summed E-state index contributed by atoms with van der Waals surface area (Å²) in [6, 6.07) is 14.3. The van der Waals surface area contributed by atoms with Crippen molar-refractivity contribution >= 4 is 17.7 Å². The molecule has 4 nitrogen and oxygen atoms in total. The molecule has 2 aromatic rings. The highest BCUT2D eigenvalue weighted by Crippen LogP contribution is 2.20. The van der Waals surface area contributed by atoms with E-state index in [-0.39, 0.29) is 11.7 Å². The lowest BCUT2D eigenvalue weighted by atomic mass is 10.2. The molecule has 0 radical (unpaired) electrons. The topological polar surface area (TPSA) is 32.8 Å². The zero-order valence-electron chi connectivity index (χ0n) is 14.2. The van der Waals surface area contributed by atoms with Gasteiger partial charge < -0.3 is 14.5 Å². The summed E-state index contributed by atoms with van der Waals surface area (Å²) in [6.45, 7) is 2.83. The summed E-state index contributed by atoms with van der Waals surface area (Å²) in [6.07, 6.45) is 2.98. The molecule has 1 amide bonds. The fourth-order valence-electron chi connectivity index (χ4n) is 2.85. The minimum Gasteiger partial charge on any atom is -0.497 e. The number of rotatable bonds is 4. The van der Waals surface area contributed by atoms with Crippen LogP contribution in [0.15, 0.2) is 54.6 Å². The van der Waals surface area contributed by atoms with E-state index in [0.29, 0.717) is 18.7 Å². The second-order valence-electron chi connectivity index (χ2n) is 5.87. The van der Waals surface area contributed by atoms with Crippen LogP contribution in [0, 0.1) is 5.82 Å². The Morgan fingerprint density at radius 2 is 1.72 bits per heavy atom. The Morgan fingerprint density at radius 1 is 1.04 bits per heavy atom. The van der Waals surface area contributed by atoms with E-state index in [9.17, 15) is 9.18 Å². The first-order valence-electron chi connectivity index (χ1n) is 8.28. The third-order valence-electron chi connectivity index (χ3n) is 4.34. The summed E-state index contributed by atoms with van der Waals surface area (Å²) in [5.41, 5.74) is 1.54. The number of anilines is 1. The lowest BCUT2D eigenvalue weighted by molar-refractivity contribution is -0.126. The Morgan fingerprint density at radius 3 is 2.36 bits per heavy atom. The highest BCUT2D eigenvalue weighted by atomic mass is 19.1. The molecule has 0 aromatic heterocycles. The van der Waals surface area contributed by atoms with Gasteiger partial charge in [0.25, 0.3) is 0 Å². The number of hydrogen-bond acceptors (Lipinski definition) is 3. The minimum absolute atomic E-state index is 0.0855. The number of ether oxygens (including phenoxy) is 1. The minimum atomic E-state index is -0.323. The smallest absolute Gasteiger partial charge is 0.246 e. The fraction of sp³-hybridized carbons (Fsp3) is 0.250. The van der Waals surface area contributed by atoms with E-state index in [1.54, 1.807) is 30.2 Å². The molecule has 0 bridgehead atoms. The normalized spacial score (nSPS) is 14.8. The van der Waals surface area contributed by atoms with Crippen molar-refractivity contribution in [1.29, 1.82) is 0 Å². The van der Waals surface area contributed by atoms with Crippen LogP contribution >= 0.6 is 0 Å². The number of halogens is 1. The summed E-state index contributed by atoms with van der Waals surface area (Å²) in [5, 5.41) is 0. The van der Waals surface area contributed by atoms with Gasteiger partial charge in [0.2, 0.25) is 5.91 Å². The predicted octanol–water partition coefficient (Wildman–Crippen LogP) is 3.20. The molecule has 1 aliphatic heterocycles. The van der Waals surface area contributed by atoms with Crippen LogP contribution in [0.5, 0.6) is 5.75 Å². The molecule has 0 atom stereocenters. The summed E-state index contributed by atoms with van der Waals surface area (Å²) in [7, 11) is 1.65. The van der Waals surface area contributed by atoms with Crippen LogP contribution in [-0.4, -0.2) is 44.1 Å². The molecular weight excluding hydrogens is 319 g/mol. The van der Waals surface area contributed by atoms with Gasteiger partial charge in [0, 0.05) is 43.5 Å². The van der Waals surface area contributed by atoms with Gasteiger partial charge in [-0.25, -0.2) is 4.39 Å². The van der Waals surface area contributed by atoms with Gasteiger partial charge in [0.05, 0.1) is 7.11 Å². The number of methoxy groups -OCH3 is 1. The zero-order chi connectivity index (χ0) is 17.6. The van der Waals surface area contributed by atoms with Crippen molar-refractivity contribution in [2.24, 2.45) is 0 Å². The van der Waals surface area contributed by atoms with Crippen molar-refractivity contribution in [3.8, 4) is 5.75 Å². The molecule has 25 heavy (non-hydrogen) atoms. The molecule has 0 saturated carbocycles. The first kappa shape index (κ1) is 17.0. The van der Waals surface area contributed by atoms with Gasteiger partial charge in [0.15, 0.2) is 0 Å². The van der Waals surface area contributed by atoms with Gasteiger partial charge in [-0.05, 0) is 36.4 Å². The average Bonchev–Trinajstić information content (AvgIpc) is 2.67. The Kier molecular flexibility index (Phi) is 5.33. The molecular formula is C20H21FN2O2. The van der Waals surface area contributed by atoms with E-state index in [1.807, 2.05) is 24.3 Å². The first-order valence-corrected chi connectivity index (χ1v) is 8.28. The van der Waals surface area contributed by atoms with Crippen LogP contribution < -0.4 is 9.64 Å². The maximum absolute atomic E-state index is 13.6. The third kappa shape index (κ3) is 4.18. The lowest BCUT2D eigenvalue weighted by Crippen LogP contribution is -2.48. The number of carbonyl (C=O) groups excluding carboxylic acids is 1. The molecule has 1 fully saturated rings. The number of carbonyl (C=O) groups is 1. The maximum atomic E-state index is 13.6. The molecule has 5 heteroatoms. The SMILES string of the molecule is COc1ccc(N2CCN(C(=O)C=Cc3ccccc3F)CC2)cc1. The van der Waals surface area contributed by atoms with Crippen LogP contribution in [0.1, 0.15) is 5.56 Å². The Bertz CT molecular complexity index is 751. The number of nitrogens with zero attached hydrogens (tertiary/aromatic N) is 2. The average molecular weight is 340 g/mol. The standard InChI is InChI=1S/C20H21FN2O2/c1-25-18-9-7-17(8-10-18)22-12-14-23(15-13-22)20(24)11-6-16-4-2-3-5-19(16)21/h2-11H,12-15H2,1H3. The summed E-state index contributed by atoms with van der Waals surface area (Å²) in [4.78, 5) is 16.3. The number of benzene rings is 2. The quantitative estimate of drug-likeness (QED) is 0.802. The first-order chi connectivity index (χ1) is 12.2. The van der Waals surface area contributed by atoms with Crippen molar-refractivity contribution in [2.45, 2.75) is 0 Å². The van der Waals surface area contributed by atoms with Crippen LogP contribution in [0.3, 0.4) is 0 Å². The van der Waals surface area contributed by atoms with Crippen molar-refractivity contribution in [3.05, 3.63) is 66.0 Å². The van der Waals surface area contributed by atoms with E-state index in [2.05, 4.69) is 4.90 Å². The van der Waals surface area contributed by atoms with Gasteiger partial charge in [-0.15, -0.1) is 0 Å². The van der Waals surface area contributed by atoms with Gasteiger partial charge in [0.1, 0.15) is 11.6 Å². The molecule has 3 rings (SSSR count). The van der Waals surface area contributed by atoms with Crippen LogP contribution in [0.4, 0.5) is 10.1 Å². The molecule has 0 N–H and O–H groups in total. The number of hydrogen-bond donors (Lipinski definition) is 0. The molecule has 1 heterocycles. The number of amides is 1. The van der Waals surface area contributed by atoms with E-state index in [0.717, 1.165) is 24.5 Å². The molecule has 130 valence electrons. The third-order valence-corrected chi connectivity index (χ3v) is 4.34. The van der Waals surface area contributed by atoms with E-state index in [1.165, 1.54) is 18.2 Å². The predicted molar refractivity (Wildman–Crippen MR) is 97.2 cm³/mol. The Balaban J connectivity index is 1.56. The zero-order valence-corrected chi connectivity index (χ0v) is 14.2. The van der Waals surface area contributed by atoms with Gasteiger partial charge in [-0.2, -0.15) is 0 Å². The van der Waals surface area contributed by atoms with Crippen molar-refractivity contribution in [1.82, 2.24) is 4.90 Å². The van der Waals surface area contributed by atoms with E-state index >= 15 is 0 Å². The number of piperazine rings is 1. The molecule has 1 saturated heterocycles. The fourth-order valence-corrected chi connectivity index (χ4v) is 2.85. The van der Waals surface area contributed by atoms with Crippen molar-refractivity contribution in [3.63, 3.8) is 0 Å². The van der Waals surface area contributed by atoms with Crippen LogP contribution in [0.2, 0.25) is 0 Å². The van der Waals surface area contributed by atoms with Gasteiger partial charge >= 0.3 is 0 Å². The second-order valence-corrected chi connectivity index (χ2v) is 5.87. The molecule has 0 spiro atoms. The second kappa shape index (κ2) is 7.83. The van der Waals surface area contributed by atoms with Gasteiger partial charge in [-0.1, -0.05) is 18.2 Å². The van der Waals surface area contributed by atoms with E-state index in [4.69, 9.17) is 4.74 Å². The van der Waals surface area contributed by atoms with Crippen molar-refractivity contribution in [2.75, 3.05) is 38.2 Å². The largest absolute Gasteiger partial charge is 0.497 e. The highest BCUT2D eigenvalue weighted by molar-refractivity contribution is 5.92. The molecule has 0 aliphatic carbocycles. The summed E-state index contributed by atoms with van der Waals surface area (Å²) in [5.74, 6) is 0.421. The molecule has 1 aliphatic rings. The maximum Gasteiger partial charge on any atom is 0.246 e. The summed E-state index contributed by atoms with van der Waals surface area (Å²) >= 11 is 0. The monoisotopic (exact) mass is 340 g/mol. The van der Waals surface area contributed by atoms with Crippen LogP contribution in [0.25, 0.3) is 6.08 Å². The van der Waals surface area contributed by atoms with Gasteiger partial charge in [-0.3, -0.25) is 4.79 Å². The van der Waals surface area contributed by atoms with E-state index < -0.39 is 0 Å². The molecule has 2 aromatic carbocycles. The lowest BCUT2D eigenvalue weighted by Gasteiger charge is -2.35. The Hall–Kier alpha value is -2.82. The van der Waals surface area contributed by atoms with Crippen LogP contribution in [-0.2, 0) is 4.79 Å². The summed E-state index contributed by atoms with van der Waals surface area (Å²) < 4.78 is 18.8. The molecule has 0 unspecified atom stereocenters.